The van der Waals surface area contributed by atoms with Gasteiger partial charge in [0.25, 0.3) is 0 Å². The average Bonchev–Trinajstić information content (AvgIpc) is 3.35. The molecule has 34 heavy (non-hydrogen) atoms. The van der Waals surface area contributed by atoms with Crippen molar-refractivity contribution in [3.63, 3.8) is 0 Å². The van der Waals surface area contributed by atoms with Gasteiger partial charge in [-0.15, -0.1) is 0 Å². The molecule has 7 nitrogen and oxygen atoms in total. The van der Waals surface area contributed by atoms with Crippen molar-refractivity contribution in [2.75, 3.05) is 32.1 Å². The van der Waals surface area contributed by atoms with Crippen LogP contribution in [0.2, 0.25) is 5.02 Å². The van der Waals surface area contributed by atoms with E-state index >= 15 is 0 Å². The van der Waals surface area contributed by atoms with Gasteiger partial charge >= 0.3 is 0 Å². The van der Waals surface area contributed by atoms with Gasteiger partial charge in [0.2, 0.25) is 5.95 Å². The lowest BCUT2D eigenvalue weighted by Crippen LogP contribution is -2.32. The number of benzene rings is 2. The van der Waals surface area contributed by atoms with E-state index < -0.39 is 0 Å². The minimum absolute atomic E-state index is 0.508. The van der Waals surface area contributed by atoms with Gasteiger partial charge in [-0.25, -0.2) is 9.97 Å². The molecule has 4 aromatic rings. The van der Waals surface area contributed by atoms with Gasteiger partial charge in [0, 0.05) is 34.1 Å². The van der Waals surface area contributed by atoms with Crippen LogP contribution in [0.4, 0.5) is 11.6 Å². The second-order valence-corrected chi connectivity index (χ2v) is 9.08. The number of piperidine rings is 1. The molecule has 2 aromatic carbocycles. The summed E-state index contributed by atoms with van der Waals surface area (Å²) < 4.78 is 6.09. The maximum absolute atomic E-state index is 6.09. The number of hydrogen-bond donors (Lipinski definition) is 2. The van der Waals surface area contributed by atoms with Crippen LogP contribution in [-0.4, -0.2) is 51.8 Å². The van der Waals surface area contributed by atoms with Gasteiger partial charge in [0.05, 0.1) is 24.2 Å². The molecule has 174 valence electrons. The molecule has 3 heterocycles. The Morgan fingerprint density at radius 3 is 2.76 bits per heavy atom. The Labute approximate surface area is 204 Å². The minimum Gasteiger partial charge on any atom is -0.493 e. The fourth-order valence-electron chi connectivity index (χ4n) is 4.12. The SMILES string of the molecule is CN1CCC(COc2cccc(Nc3nccc(-c4cn[nH]c4-c4ccc(Cl)cc4)n3)c2)CC1. The Morgan fingerprint density at radius 2 is 1.94 bits per heavy atom. The van der Waals surface area contributed by atoms with E-state index in [1.165, 1.54) is 12.8 Å². The third-order valence-corrected chi connectivity index (χ3v) is 6.37. The molecular weight excluding hydrogens is 448 g/mol. The summed E-state index contributed by atoms with van der Waals surface area (Å²) in [5.41, 5.74) is 4.40. The smallest absolute Gasteiger partial charge is 0.227 e. The van der Waals surface area contributed by atoms with Gasteiger partial charge in [0.1, 0.15) is 5.75 Å². The van der Waals surface area contributed by atoms with Gasteiger partial charge in [-0.3, -0.25) is 5.10 Å². The maximum Gasteiger partial charge on any atom is 0.227 e. The molecule has 8 heteroatoms. The summed E-state index contributed by atoms with van der Waals surface area (Å²) in [6, 6.07) is 17.4. The summed E-state index contributed by atoms with van der Waals surface area (Å²) in [6.07, 6.45) is 5.87. The van der Waals surface area contributed by atoms with E-state index in [0.29, 0.717) is 16.9 Å². The lowest BCUT2D eigenvalue weighted by molar-refractivity contribution is 0.160. The van der Waals surface area contributed by atoms with Crippen molar-refractivity contribution in [1.82, 2.24) is 25.1 Å². The molecule has 0 radical (unpaired) electrons. The number of nitrogens with one attached hydrogen (secondary N) is 2. The Balaban J connectivity index is 1.28. The van der Waals surface area contributed by atoms with Crippen LogP contribution >= 0.6 is 11.6 Å². The van der Waals surface area contributed by atoms with Gasteiger partial charge < -0.3 is 15.0 Å². The third kappa shape index (κ3) is 5.38. The molecule has 0 saturated carbocycles. The summed E-state index contributed by atoms with van der Waals surface area (Å²) in [7, 11) is 2.17. The molecule has 1 aliphatic heterocycles. The largest absolute Gasteiger partial charge is 0.493 e. The molecule has 0 aliphatic carbocycles. The molecule has 0 atom stereocenters. The van der Waals surface area contributed by atoms with Crippen LogP contribution in [0, 0.1) is 5.92 Å². The maximum atomic E-state index is 6.09. The van der Waals surface area contributed by atoms with Crippen molar-refractivity contribution in [2.45, 2.75) is 12.8 Å². The molecule has 2 aromatic heterocycles. The van der Waals surface area contributed by atoms with Crippen LogP contribution < -0.4 is 10.1 Å². The third-order valence-electron chi connectivity index (χ3n) is 6.12. The summed E-state index contributed by atoms with van der Waals surface area (Å²) in [4.78, 5) is 11.5. The number of ether oxygens (including phenoxy) is 1. The first-order chi connectivity index (χ1) is 16.6. The Kier molecular flexibility index (Phi) is 6.74. The highest BCUT2D eigenvalue weighted by Crippen LogP contribution is 2.30. The first-order valence-electron chi connectivity index (χ1n) is 11.5. The van der Waals surface area contributed by atoms with Crippen molar-refractivity contribution >= 4 is 23.2 Å². The fraction of sp³-hybridized carbons (Fsp3) is 0.269. The minimum atomic E-state index is 0.508. The van der Waals surface area contributed by atoms with Gasteiger partial charge in [-0.05, 0) is 69.2 Å². The number of hydrogen-bond acceptors (Lipinski definition) is 6. The van der Waals surface area contributed by atoms with E-state index in [1.807, 2.05) is 54.6 Å². The Hall–Kier alpha value is -3.42. The lowest BCUT2D eigenvalue weighted by atomic mass is 9.98. The molecule has 0 amide bonds. The zero-order valence-electron chi connectivity index (χ0n) is 19.0. The number of aromatic amines is 1. The van der Waals surface area contributed by atoms with E-state index in [9.17, 15) is 0 Å². The molecular formula is C26H27ClN6O. The highest BCUT2D eigenvalue weighted by Gasteiger charge is 2.17. The average molecular weight is 475 g/mol. The number of likely N-dealkylation sites (tertiary alicyclic amines) is 1. The Morgan fingerprint density at radius 1 is 1.12 bits per heavy atom. The van der Waals surface area contributed by atoms with E-state index in [2.05, 4.69) is 32.4 Å². The molecule has 1 saturated heterocycles. The van der Waals surface area contributed by atoms with Crippen LogP contribution in [0.25, 0.3) is 22.5 Å². The number of rotatable bonds is 7. The van der Waals surface area contributed by atoms with Crippen LogP contribution in [0.5, 0.6) is 5.75 Å². The first kappa shape index (κ1) is 22.4. The van der Waals surface area contributed by atoms with Crippen LogP contribution in [0.15, 0.2) is 67.0 Å². The normalized spacial score (nSPS) is 14.8. The Bertz CT molecular complexity index is 1230. The van der Waals surface area contributed by atoms with E-state index in [1.54, 1.807) is 12.4 Å². The quantitative estimate of drug-likeness (QED) is 0.360. The summed E-state index contributed by atoms with van der Waals surface area (Å²) in [5, 5.41) is 11.3. The van der Waals surface area contributed by atoms with Crippen LogP contribution in [-0.2, 0) is 0 Å². The predicted molar refractivity (Wildman–Crippen MR) is 136 cm³/mol. The van der Waals surface area contributed by atoms with Crippen molar-refractivity contribution in [3.05, 3.63) is 72.0 Å². The number of anilines is 2. The van der Waals surface area contributed by atoms with E-state index in [-0.39, 0.29) is 0 Å². The standard InChI is InChI=1S/C26H27ClN6O/c1-33-13-10-18(11-14-33)17-34-22-4-2-3-21(15-22)30-26-28-12-9-24(31-26)23-16-29-32-25(23)19-5-7-20(27)8-6-19/h2-9,12,15-16,18H,10-11,13-14,17H2,1H3,(H,29,32)(H,28,30,31). The summed E-state index contributed by atoms with van der Waals surface area (Å²) in [6.45, 7) is 3.02. The molecule has 0 unspecified atom stereocenters. The van der Waals surface area contributed by atoms with Crippen LogP contribution in [0.1, 0.15) is 12.8 Å². The molecule has 5 rings (SSSR count). The van der Waals surface area contributed by atoms with Crippen LogP contribution in [0.3, 0.4) is 0 Å². The molecule has 1 fully saturated rings. The topological polar surface area (TPSA) is 79.0 Å². The molecule has 0 bridgehead atoms. The fourth-order valence-corrected chi connectivity index (χ4v) is 4.25. The summed E-state index contributed by atoms with van der Waals surface area (Å²) in [5.74, 6) is 1.96. The first-order valence-corrected chi connectivity index (χ1v) is 11.8. The lowest BCUT2D eigenvalue weighted by Gasteiger charge is -2.28. The molecule has 2 N–H and O–H groups in total. The summed E-state index contributed by atoms with van der Waals surface area (Å²) >= 11 is 6.04. The highest BCUT2D eigenvalue weighted by atomic mass is 35.5. The van der Waals surface area contributed by atoms with Crippen molar-refractivity contribution in [1.29, 1.82) is 0 Å². The molecule has 0 spiro atoms. The zero-order chi connectivity index (χ0) is 23.3. The number of H-pyrrole nitrogens is 1. The number of halogens is 1. The van der Waals surface area contributed by atoms with Crippen molar-refractivity contribution < 1.29 is 4.74 Å². The van der Waals surface area contributed by atoms with Gasteiger partial charge in [-0.1, -0.05) is 29.8 Å². The van der Waals surface area contributed by atoms with Crippen molar-refractivity contribution in [2.24, 2.45) is 5.92 Å². The van der Waals surface area contributed by atoms with Gasteiger partial charge in [0.15, 0.2) is 0 Å². The second kappa shape index (κ2) is 10.2. The highest BCUT2D eigenvalue weighted by molar-refractivity contribution is 6.30. The van der Waals surface area contributed by atoms with E-state index in [4.69, 9.17) is 21.3 Å². The van der Waals surface area contributed by atoms with E-state index in [0.717, 1.165) is 53.6 Å². The monoisotopic (exact) mass is 474 g/mol. The zero-order valence-corrected chi connectivity index (χ0v) is 19.8. The van der Waals surface area contributed by atoms with Crippen molar-refractivity contribution in [3.8, 4) is 28.3 Å². The number of nitrogens with zero attached hydrogens (tertiary/aromatic N) is 4. The predicted octanol–water partition coefficient (Wildman–Crippen LogP) is 5.65. The molecule has 1 aliphatic rings. The second-order valence-electron chi connectivity index (χ2n) is 8.64. The van der Waals surface area contributed by atoms with Gasteiger partial charge in [-0.2, -0.15) is 5.10 Å². The number of aromatic nitrogens is 4.